The first-order valence-corrected chi connectivity index (χ1v) is 8.04. The third kappa shape index (κ3) is 6.18. The van der Waals surface area contributed by atoms with Crippen molar-refractivity contribution in [1.82, 2.24) is 0 Å². The lowest BCUT2D eigenvalue weighted by Gasteiger charge is -2.10. The SMILES string of the molecule is CCCOc1ccc(/C=N/OCC(=O)Nc2ccccc2)cc1OC. The van der Waals surface area contributed by atoms with Crippen molar-refractivity contribution in [3.05, 3.63) is 54.1 Å². The molecule has 0 aliphatic heterocycles. The van der Waals surface area contributed by atoms with Crippen LogP contribution in [0.4, 0.5) is 5.69 Å². The summed E-state index contributed by atoms with van der Waals surface area (Å²) >= 11 is 0. The van der Waals surface area contributed by atoms with E-state index in [2.05, 4.69) is 10.5 Å². The van der Waals surface area contributed by atoms with Gasteiger partial charge >= 0.3 is 0 Å². The molecule has 6 heteroatoms. The van der Waals surface area contributed by atoms with E-state index in [-0.39, 0.29) is 12.5 Å². The molecule has 0 heterocycles. The molecule has 0 spiro atoms. The average Bonchev–Trinajstić information content (AvgIpc) is 2.64. The Labute approximate surface area is 147 Å². The van der Waals surface area contributed by atoms with Crippen molar-refractivity contribution in [2.24, 2.45) is 5.16 Å². The second-order valence-electron chi connectivity index (χ2n) is 5.18. The number of carbonyl (C=O) groups is 1. The molecule has 2 aromatic carbocycles. The van der Waals surface area contributed by atoms with Gasteiger partial charge in [-0.15, -0.1) is 0 Å². The zero-order chi connectivity index (χ0) is 17.9. The lowest BCUT2D eigenvalue weighted by atomic mass is 10.2. The molecule has 6 nitrogen and oxygen atoms in total. The monoisotopic (exact) mass is 342 g/mol. The van der Waals surface area contributed by atoms with Crippen LogP contribution in [0.1, 0.15) is 18.9 Å². The average molecular weight is 342 g/mol. The van der Waals surface area contributed by atoms with Gasteiger partial charge in [0.2, 0.25) is 0 Å². The highest BCUT2D eigenvalue weighted by Gasteiger charge is 2.05. The van der Waals surface area contributed by atoms with Crippen LogP contribution in [0.3, 0.4) is 0 Å². The van der Waals surface area contributed by atoms with E-state index in [1.54, 1.807) is 25.3 Å². The van der Waals surface area contributed by atoms with Crippen LogP contribution in [0.2, 0.25) is 0 Å². The van der Waals surface area contributed by atoms with Crippen molar-refractivity contribution < 1.29 is 19.1 Å². The van der Waals surface area contributed by atoms with Crippen molar-refractivity contribution in [1.29, 1.82) is 0 Å². The minimum atomic E-state index is -0.274. The standard InChI is InChI=1S/C19H22N2O4/c1-3-11-24-17-10-9-15(12-18(17)23-2)13-20-25-14-19(22)21-16-7-5-4-6-8-16/h4-10,12-13H,3,11,14H2,1-2H3,(H,21,22)/b20-13+. The number of nitrogens with one attached hydrogen (secondary N) is 1. The molecular formula is C19H22N2O4. The van der Waals surface area contributed by atoms with Gasteiger partial charge in [0.25, 0.3) is 5.91 Å². The molecule has 0 radical (unpaired) electrons. The predicted molar refractivity (Wildman–Crippen MR) is 97.4 cm³/mol. The summed E-state index contributed by atoms with van der Waals surface area (Å²) in [6.07, 6.45) is 2.44. The number of benzene rings is 2. The van der Waals surface area contributed by atoms with Gasteiger partial charge in [-0.25, -0.2) is 0 Å². The molecule has 0 atom stereocenters. The molecule has 132 valence electrons. The van der Waals surface area contributed by atoms with Crippen molar-refractivity contribution in [2.75, 3.05) is 25.6 Å². The first-order chi connectivity index (χ1) is 12.2. The molecule has 25 heavy (non-hydrogen) atoms. The first-order valence-electron chi connectivity index (χ1n) is 8.04. The fraction of sp³-hybridized carbons (Fsp3) is 0.263. The van der Waals surface area contributed by atoms with Crippen LogP contribution in [-0.2, 0) is 9.63 Å². The number of anilines is 1. The number of ether oxygens (including phenoxy) is 2. The number of nitrogens with zero attached hydrogens (tertiary/aromatic N) is 1. The number of amides is 1. The Bertz CT molecular complexity index is 702. The number of carbonyl (C=O) groups excluding carboxylic acids is 1. The zero-order valence-electron chi connectivity index (χ0n) is 14.4. The van der Waals surface area contributed by atoms with E-state index in [1.165, 1.54) is 6.21 Å². The fourth-order valence-corrected chi connectivity index (χ4v) is 2.01. The lowest BCUT2D eigenvalue weighted by Crippen LogP contribution is -2.16. The van der Waals surface area contributed by atoms with Crippen LogP contribution in [-0.4, -0.2) is 32.4 Å². The molecule has 0 aromatic heterocycles. The summed E-state index contributed by atoms with van der Waals surface area (Å²) in [5, 5.41) is 6.52. The summed E-state index contributed by atoms with van der Waals surface area (Å²) in [5.74, 6) is 1.04. The van der Waals surface area contributed by atoms with Crippen molar-refractivity contribution in [3.8, 4) is 11.5 Å². The largest absolute Gasteiger partial charge is 0.493 e. The fourth-order valence-electron chi connectivity index (χ4n) is 2.01. The zero-order valence-corrected chi connectivity index (χ0v) is 14.4. The van der Waals surface area contributed by atoms with Gasteiger partial charge in [-0.2, -0.15) is 0 Å². The molecule has 0 aliphatic carbocycles. The summed E-state index contributed by atoms with van der Waals surface area (Å²) in [6.45, 7) is 2.50. The highest BCUT2D eigenvalue weighted by atomic mass is 16.6. The minimum Gasteiger partial charge on any atom is -0.493 e. The highest BCUT2D eigenvalue weighted by molar-refractivity contribution is 5.91. The van der Waals surface area contributed by atoms with E-state index >= 15 is 0 Å². The molecule has 0 fully saturated rings. The maximum Gasteiger partial charge on any atom is 0.265 e. The normalized spacial score (nSPS) is 10.5. The third-order valence-corrected chi connectivity index (χ3v) is 3.18. The number of oxime groups is 1. The molecule has 2 rings (SSSR count). The Hall–Kier alpha value is -3.02. The number of hydrogen-bond acceptors (Lipinski definition) is 5. The van der Waals surface area contributed by atoms with E-state index < -0.39 is 0 Å². The van der Waals surface area contributed by atoms with Gasteiger partial charge in [0, 0.05) is 11.3 Å². The Kier molecular flexibility index (Phi) is 7.31. The summed E-state index contributed by atoms with van der Waals surface area (Å²) in [4.78, 5) is 16.7. The number of methoxy groups -OCH3 is 1. The van der Waals surface area contributed by atoms with Crippen LogP contribution in [0.5, 0.6) is 11.5 Å². The first kappa shape index (κ1) is 18.3. The molecule has 0 aliphatic rings. The van der Waals surface area contributed by atoms with Gasteiger partial charge in [-0.1, -0.05) is 30.3 Å². The molecular weight excluding hydrogens is 320 g/mol. The number of rotatable bonds is 9. The van der Waals surface area contributed by atoms with Crippen LogP contribution in [0.15, 0.2) is 53.7 Å². The van der Waals surface area contributed by atoms with E-state index in [9.17, 15) is 4.79 Å². The molecule has 1 amide bonds. The Balaban J connectivity index is 1.84. The molecule has 0 saturated heterocycles. The van der Waals surface area contributed by atoms with Gasteiger partial charge in [0.15, 0.2) is 18.1 Å². The molecule has 0 saturated carbocycles. The van der Waals surface area contributed by atoms with Crippen molar-refractivity contribution >= 4 is 17.8 Å². The number of para-hydroxylation sites is 1. The van der Waals surface area contributed by atoms with Gasteiger partial charge in [0.05, 0.1) is 19.9 Å². The van der Waals surface area contributed by atoms with Gasteiger partial charge < -0.3 is 19.6 Å². The second-order valence-corrected chi connectivity index (χ2v) is 5.18. The maximum absolute atomic E-state index is 11.7. The topological polar surface area (TPSA) is 69.2 Å². The smallest absolute Gasteiger partial charge is 0.265 e. The van der Waals surface area contributed by atoms with Gasteiger partial charge in [-0.05, 0) is 36.8 Å². The Morgan fingerprint density at radius 3 is 2.68 bits per heavy atom. The lowest BCUT2D eigenvalue weighted by molar-refractivity contribution is -0.120. The quantitative estimate of drug-likeness (QED) is 0.559. The minimum absolute atomic E-state index is 0.166. The molecule has 0 bridgehead atoms. The summed E-state index contributed by atoms with van der Waals surface area (Å²) in [7, 11) is 1.58. The Morgan fingerprint density at radius 1 is 1.16 bits per heavy atom. The van der Waals surface area contributed by atoms with Crippen LogP contribution < -0.4 is 14.8 Å². The van der Waals surface area contributed by atoms with E-state index in [4.69, 9.17) is 14.3 Å². The highest BCUT2D eigenvalue weighted by Crippen LogP contribution is 2.27. The molecule has 1 N–H and O–H groups in total. The van der Waals surface area contributed by atoms with Gasteiger partial charge in [-0.3, -0.25) is 4.79 Å². The number of hydrogen-bond donors (Lipinski definition) is 1. The van der Waals surface area contributed by atoms with E-state index in [0.717, 1.165) is 12.0 Å². The summed E-state index contributed by atoms with van der Waals surface area (Å²) in [5.41, 5.74) is 1.50. The van der Waals surface area contributed by atoms with E-state index in [0.29, 0.717) is 23.8 Å². The van der Waals surface area contributed by atoms with Crippen molar-refractivity contribution in [3.63, 3.8) is 0 Å². The van der Waals surface area contributed by atoms with Crippen molar-refractivity contribution in [2.45, 2.75) is 13.3 Å². The second kappa shape index (κ2) is 9.97. The van der Waals surface area contributed by atoms with E-state index in [1.807, 2.05) is 37.3 Å². The summed E-state index contributed by atoms with van der Waals surface area (Å²) < 4.78 is 10.9. The van der Waals surface area contributed by atoms with Crippen LogP contribution in [0.25, 0.3) is 0 Å². The van der Waals surface area contributed by atoms with Crippen LogP contribution >= 0.6 is 0 Å². The Morgan fingerprint density at radius 2 is 1.96 bits per heavy atom. The van der Waals surface area contributed by atoms with Crippen LogP contribution in [0, 0.1) is 0 Å². The third-order valence-electron chi connectivity index (χ3n) is 3.18. The maximum atomic E-state index is 11.7. The molecule has 0 unspecified atom stereocenters. The predicted octanol–water partition coefficient (Wildman–Crippen LogP) is 3.47. The summed E-state index contributed by atoms with van der Waals surface area (Å²) in [6, 6.07) is 14.6. The van der Waals surface area contributed by atoms with Gasteiger partial charge in [0.1, 0.15) is 0 Å². The molecule has 2 aromatic rings.